The summed E-state index contributed by atoms with van der Waals surface area (Å²) in [5.74, 6) is 1.47. The first-order valence-electron chi connectivity index (χ1n) is 7.23. The SMILES string of the molecule is CCCCn1nnnc1CN(C)CCC(N)C(C)C. The largest absolute Gasteiger partial charge is 0.327 e. The third-order valence-electron chi connectivity index (χ3n) is 3.44. The predicted octanol–water partition coefficient (Wildman–Crippen LogP) is 1.28. The number of hydrogen-bond donors (Lipinski definition) is 1. The number of aromatic nitrogens is 4. The number of tetrazole rings is 1. The van der Waals surface area contributed by atoms with Gasteiger partial charge in [-0.15, -0.1) is 5.10 Å². The fourth-order valence-corrected chi connectivity index (χ4v) is 1.84. The summed E-state index contributed by atoms with van der Waals surface area (Å²) < 4.78 is 1.91. The van der Waals surface area contributed by atoms with E-state index >= 15 is 0 Å². The third-order valence-corrected chi connectivity index (χ3v) is 3.44. The lowest BCUT2D eigenvalue weighted by Gasteiger charge is -2.20. The van der Waals surface area contributed by atoms with E-state index in [0.717, 1.165) is 44.7 Å². The molecular formula is C13H28N6. The van der Waals surface area contributed by atoms with Crippen LogP contribution in [0.3, 0.4) is 0 Å². The highest BCUT2D eigenvalue weighted by atomic mass is 15.5. The van der Waals surface area contributed by atoms with Gasteiger partial charge < -0.3 is 5.73 Å². The minimum absolute atomic E-state index is 0.263. The van der Waals surface area contributed by atoms with Crippen molar-refractivity contribution in [2.75, 3.05) is 13.6 Å². The lowest BCUT2D eigenvalue weighted by molar-refractivity contribution is 0.284. The molecule has 0 saturated carbocycles. The van der Waals surface area contributed by atoms with E-state index in [1.807, 2.05) is 4.68 Å². The van der Waals surface area contributed by atoms with E-state index in [-0.39, 0.29) is 6.04 Å². The molecule has 1 aromatic heterocycles. The monoisotopic (exact) mass is 268 g/mol. The van der Waals surface area contributed by atoms with Crippen LogP contribution in [0.2, 0.25) is 0 Å². The van der Waals surface area contributed by atoms with Gasteiger partial charge in [-0.25, -0.2) is 4.68 Å². The minimum atomic E-state index is 0.263. The molecule has 0 spiro atoms. The van der Waals surface area contributed by atoms with Crippen molar-refractivity contribution >= 4 is 0 Å². The summed E-state index contributed by atoms with van der Waals surface area (Å²) >= 11 is 0. The molecule has 0 radical (unpaired) electrons. The van der Waals surface area contributed by atoms with E-state index < -0.39 is 0 Å². The minimum Gasteiger partial charge on any atom is -0.327 e. The Morgan fingerprint density at radius 3 is 2.74 bits per heavy atom. The van der Waals surface area contributed by atoms with Crippen LogP contribution in [-0.4, -0.2) is 44.7 Å². The van der Waals surface area contributed by atoms with Crippen molar-refractivity contribution < 1.29 is 0 Å². The number of unbranched alkanes of at least 4 members (excludes halogenated alkanes) is 1. The maximum absolute atomic E-state index is 6.06. The Morgan fingerprint density at radius 2 is 2.11 bits per heavy atom. The number of rotatable bonds is 9. The first kappa shape index (κ1) is 16.0. The maximum atomic E-state index is 6.06. The number of hydrogen-bond acceptors (Lipinski definition) is 5. The fraction of sp³-hybridized carbons (Fsp3) is 0.923. The van der Waals surface area contributed by atoms with Gasteiger partial charge in [0.2, 0.25) is 0 Å². The van der Waals surface area contributed by atoms with E-state index in [0.29, 0.717) is 5.92 Å². The summed E-state index contributed by atoms with van der Waals surface area (Å²) in [7, 11) is 2.09. The highest BCUT2D eigenvalue weighted by molar-refractivity contribution is 4.80. The van der Waals surface area contributed by atoms with Crippen molar-refractivity contribution in [1.82, 2.24) is 25.1 Å². The molecule has 1 aromatic rings. The molecule has 1 rings (SSSR count). The van der Waals surface area contributed by atoms with Crippen LogP contribution < -0.4 is 5.73 Å². The lowest BCUT2D eigenvalue weighted by atomic mass is 10.0. The Labute approximate surface area is 116 Å². The molecule has 0 fully saturated rings. The number of nitrogens with two attached hydrogens (primary N) is 1. The molecule has 6 heteroatoms. The first-order chi connectivity index (χ1) is 9.04. The highest BCUT2D eigenvalue weighted by Gasteiger charge is 2.12. The molecule has 19 heavy (non-hydrogen) atoms. The highest BCUT2D eigenvalue weighted by Crippen LogP contribution is 2.06. The molecule has 6 nitrogen and oxygen atoms in total. The lowest BCUT2D eigenvalue weighted by Crippen LogP contribution is -2.32. The summed E-state index contributed by atoms with van der Waals surface area (Å²) in [5.41, 5.74) is 6.06. The van der Waals surface area contributed by atoms with E-state index in [4.69, 9.17) is 5.73 Å². The molecule has 2 N–H and O–H groups in total. The van der Waals surface area contributed by atoms with Gasteiger partial charge in [-0.3, -0.25) is 4.90 Å². The maximum Gasteiger partial charge on any atom is 0.165 e. The zero-order valence-electron chi connectivity index (χ0n) is 12.7. The predicted molar refractivity (Wildman–Crippen MR) is 76.5 cm³/mol. The van der Waals surface area contributed by atoms with Gasteiger partial charge in [0.05, 0.1) is 6.54 Å². The van der Waals surface area contributed by atoms with E-state index in [1.54, 1.807) is 0 Å². The molecule has 0 bridgehead atoms. The van der Waals surface area contributed by atoms with Gasteiger partial charge in [0.15, 0.2) is 5.82 Å². The van der Waals surface area contributed by atoms with Gasteiger partial charge in [0, 0.05) is 12.6 Å². The molecule has 0 aliphatic rings. The molecule has 0 aromatic carbocycles. The first-order valence-corrected chi connectivity index (χ1v) is 7.23. The van der Waals surface area contributed by atoms with Crippen LogP contribution in [0.4, 0.5) is 0 Å². The van der Waals surface area contributed by atoms with Crippen molar-refractivity contribution in [1.29, 1.82) is 0 Å². The Balaban J connectivity index is 2.39. The topological polar surface area (TPSA) is 72.9 Å². The molecule has 1 unspecified atom stereocenters. The van der Waals surface area contributed by atoms with Crippen LogP contribution >= 0.6 is 0 Å². The fourth-order valence-electron chi connectivity index (χ4n) is 1.84. The van der Waals surface area contributed by atoms with Crippen molar-refractivity contribution in [3.05, 3.63) is 5.82 Å². The Hall–Kier alpha value is -1.01. The van der Waals surface area contributed by atoms with Crippen LogP contribution in [0.5, 0.6) is 0 Å². The molecule has 0 amide bonds. The molecule has 0 aliphatic carbocycles. The average molecular weight is 268 g/mol. The van der Waals surface area contributed by atoms with Gasteiger partial charge in [-0.1, -0.05) is 27.2 Å². The van der Waals surface area contributed by atoms with Gasteiger partial charge in [-0.2, -0.15) is 0 Å². The van der Waals surface area contributed by atoms with Crippen LogP contribution in [0, 0.1) is 5.92 Å². The summed E-state index contributed by atoms with van der Waals surface area (Å²) in [6.07, 6.45) is 3.27. The Morgan fingerprint density at radius 1 is 1.37 bits per heavy atom. The van der Waals surface area contributed by atoms with Gasteiger partial charge in [0.1, 0.15) is 0 Å². The van der Waals surface area contributed by atoms with E-state index in [1.165, 1.54) is 0 Å². The zero-order valence-corrected chi connectivity index (χ0v) is 12.7. The molecule has 1 atom stereocenters. The summed E-state index contributed by atoms with van der Waals surface area (Å²) in [6.45, 7) is 9.15. The van der Waals surface area contributed by atoms with Crippen molar-refractivity contribution in [3.63, 3.8) is 0 Å². The van der Waals surface area contributed by atoms with Crippen LogP contribution in [0.15, 0.2) is 0 Å². The summed E-state index contributed by atoms with van der Waals surface area (Å²) in [4.78, 5) is 2.23. The smallest absolute Gasteiger partial charge is 0.165 e. The van der Waals surface area contributed by atoms with Crippen molar-refractivity contribution in [2.45, 2.75) is 59.2 Å². The van der Waals surface area contributed by atoms with Gasteiger partial charge >= 0.3 is 0 Å². The molecule has 0 saturated heterocycles. The van der Waals surface area contributed by atoms with E-state index in [9.17, 15) is 0 Å². The number of nitrogens with zero attached hydrogens (tertiary/aromatic N) is 5. The zero-order chi connectivity index (χ0) is 14.3. The third kappa shape index (κ3) is 5.65. The second-order valence-electron chi connectivity index (χ2n) is 5.61. The van der Waals surface area contributed by atoms with Crippen LogP contribution in [0.1, 0.15) is 45.9 Å². The molecular weight excluding hydrogens is 240 g/mol. The van der Waals surface area contributed by atoms with Gasteiger partial charge in [-0.05, 0) is 42.8 Å². The molecule has 110 valence electrons. The molecule has 1 heterocycles. The second kappa shape index (κ2) is 8.22. The van der Waals surface area contributed by atoms with Crippen LogP contribution in [-0.2, 0) is 13.1 Å². The quantitative estimate of drug-likeness (QED) is 0.730. The Bertz CT molecular complexity index is 349. The normalized spacial score (nSPS) is 13.4. The summed E-state index contributed by atoms with van der Waals surface area (Å²) in [6, 6.07) is 0.263. The Kier molecular flexibility index (Phi) is 6.94. The van der Waals surface area contributed by atoms with E-state index in [2.05, 4.69) is 48.2 Å². The molecule has 0 aliphatic heterocycles. The average Bonchev–Trinajstić information content (AvgIpc) is 2.80. The van der Waals surface area contributed by atoms with Crippen LogP contribution in [0.25, 0.3) is 0 Å². The second-order valence-corrected chi connectivity index (χ2v) is 5.61. The van der Waals surface area contributed by atoms with Gasteiger partial charge in [0.25, 0.3) is 0 Å². The van der Waals surface area contributed by atoms with Crippen molar-refractivity contribution in [3.8, 4) is 0 Å². The number of aryl methyl sites for hydroxylation is 1. The standard InChI is InChI=1S/C13H28N6/c1-5-6-8-19-13(15-16-17-19)10-18(4)9-7-12(14)11(2)3/h11-12H,5-10,14H2,1-4H3. The van der Waals surface area contributed by atoms with Crippen molar-refractivity contribution in [2.24, 2.45) is 11.7 Å². The summed E-state index contributed by atoms with van der Waals surface area (Å²) in [5, 5.41) is 11.9.